The molecule has 0 saturated carbocycles. The summed E-state index contributed by atoms with van der Waals surface area (Å²) in [6.07, 6.45) is 1.59. The van der Waals surface area contributed by atoms with Crippen LogP contribution in [0.5, 0.6) is 0 Å². The van der Waals surface area contributed by atoms with Crippen LogP contribution in [0.3, 0.4) is 0 Å². The number of carbonyl (C=O) groups excluding carboxylic acids is 1. The first-order valence-electron chi connectivity index (χ1n) is 4.66. The van der Waals surface area contributed by atoms with Crippen LogP contribution in [-0.2, 0) is 0 Å². The molecule has 3 heteroatoms. The van der Waals surface area contributed by atoms with Crippen LogP contribution < -0.4 is 0 Å². The van der Waals surface area contributed by atoms with E-state index in [2.05, 4.69) is 4.98 Å². The lowest BCUT2D eigenvalue weighted by Crippen LogP contribution is -2.15. The molecule has 0 amide bonds. The number of fused-ring (bicyclic) bond motifs is 1. The van der Waals surface area contributed by atoms with Crippen LogP contribution in [0, 0.1) is 5.92 Å². The van der Waals surface area contributed by atoms with E-state index in [0.29, 0.717) is 0 Å². The van der Waals surface area contributed by atoms with Crippen molar-refractivity contribution in [2.24, 2.45) is 5.92 Å². The number of aromatic nitrogens is 2. The number of benzene rings is 1. The molecule has 0 atom stereocenters. The normalized spacial score (nSPS) is 11.1. The lowest BCUT2D eigenvalue weighted by atomic mass is 10.2. The van der Waals surface area contributed by atoms with Crippen molar-refractivity contribution in [2.75, 3.05) is 0 Å². The van der Waals surface area contributed by atoms with Crippen LogP contribution in [0.1, 0.15) is 18.6 Å². The van der Waals surface area contributed by atoms with Crippen LogP contribution >= 0.6 is 0 Å². The van der Waals surface area contributed by atoms with Crippen molar-refractivity contribution in [3.05, 3.63) is 30.6 Å². The van der Waals surface area contributed by atoms with Gasteiger partial charge in [-0.3, -0.25) is 9.36 Å². The van der Waals surface area contributed by atoms with Gasteiger partial charge in [-0.2, -0.15) is 0 Å². The van der Waals surface area contributed by atoms with Gasteiger partial charge < -0.3 is 0 Å². The Balaban J connectivity index is 2.58. The molecule has 2 aromatic rings. The lowest BCUT2D eigenvalue weighted by molar-refractivity contribution is 0.0860. The molecule has 0 bridgehead atoms. The van der Waals surface area contributed by atoms with Crippen molar-refractivity contribution in [3.63, 3.8) is 0 Å². The zero-order chi connectivity index (χ0) is 10.1. The number of hydrogen-bond acceptors (Lipinski definition) is 2. The number of para-hydroxylation sites is 2. The molecule has 3 nitrogen and oxygen atoms in total. The zero-order valence-corrected chi connectivity index (χ0v) is 8.27. The highest BCUT2D eigenvalue weighted by Crippen LogP contribution is 2.13. The van der Waals surface area contributed by atoms with Crippen molar-refractivity contribution in [3.8, 4) is 0 Å². The predicted octanol–water partition coefficient (Wildman–Crippen LogP) is 2.33. The first kappa shape index (κ1) is 8.94. The summed E-state index contributed by atoms with van der Waals surface area (Å²) in [6, 6.07) is 7.63. The monoisotopic (exact) mass is 188 g/mol. The van der Waals surface area contributed by atoms with Gasteiger partial charge >= 0.3 is 0 Å². The molecular formula is C11H12N2O. The Labute approximate surface area is 82.4 Å². The third-order valence-electron chi connectivity index (χ3n) is 2.18. The molecule has 0 spiro atoms. The number of rotatable bonds is 1. The maximum atomic E-state index is 11.7. The van der Waals surface area contributed by atoms with E-state index in [1.54, 1.807) is 10.9 Å². The molecule has 0 saturated heterocycles. The molecule has 0 radical (unpaired) electrons. The second-order valence-electron chi connectivity index (χ2n) is 3.60. The van der Waals surface area contributed by atoms with Gasteiger partial charge in [-0.05, 0) is 12.1 Å². The number of carbonyl (C=O) groups is 1. The van der Waals surface area contributed by atoms with Gasteiger partial charge in [0.2, 0.25) is 5.91 Å². The molecular weight excluding hydrogens is 176 g/mol. The van der Waals surface area contributed by atoms with Gasteiger partial charge in [0, 0.05) is 5.92 Å². The van der Waals surface area contributed by atoms with Crippen LogP contribution in [0.15, 0.2) is 30.6 Å². The van der Waals surface area contributed by atoms with E-state index in [1.165, 1.54) is 0 Å². The van der Waals surface area contributed by atoms with Crippen molar-refractivity contribution >= 4 is 16.9 Å². The summed E-state index contributed by atoms with van der Waals surface area (Å²) in [5.74, 6) is 0.0753. The molecule has 0 aliphatic rings. The fourth-order valence-corrected chi connectivity index (χ4v) is 1.41. The van der Waals surface area contributed by atoms with Crippen LogP contribution in [-0.4, -0.2) is 15.5 Å². The molecule has 0 N–H and O–H groups in total. The van der Waals surface area contributed by atoms with Crippen LogP contribution in [0.25, 0.3) is 11.0 Å². The molecule has 0 aliphatic carbocycles. The smallest absolute Gasteiger partial charge is 0.234 e. The van der Waals surface area contributed by atoms with Gasteiger partial charge in [0.15, 0.2) is 0 Å². The van der Waals surface area contributed by atoms with Crippen molar-refractivity contribution < 1.29 is 4.79 Å². The molecule has 0 fully saturated rings. The first-order chi connectivity index (χ1) is 6.70. The summed E-state index contributed by atoms with van der Waals surface area (Å²) in [7, 11) is 0. The van der Waals surface area contributed by atoms with Gasteiger partial charge in [0.25, 0.3) is 0 Å². The van der Waals surface area contributed by atoms with Gasteiger partial charge in [0.1, 0.15) is 6.33 Å². The summed E-state index contributed by atoms with van der Waals surface area (Å²) in [4.78, 5) is 15.9. The van der Waals surface area contributed by atoms with Gasteiger partial charge in [0.05, 0.1) is 11.0 Å². The maximum absolute atomic E-state index is 11.7. The topological polar surface area (TPSA) is 34.9 Å². The minimum Gasteiger partial charge on any atom is -0.274 e. The average molecular weight is 188 g/mol. The Bertz CT molecular complexity index is 471. The molecule has 72 valence electrons. The van der Waals surface area contributed by atoms with Crippen molar-refractivity contribution in [1.82, 2.24) is 9.55 Å². The van der Waals surface area contributed by atoms with E-state index in [1.807, 2.05) is 38.1 Å². The molecule has 14 heavy (non-hydrogen) atoms. The quantitative estimate of drug-likeness (QED) is 0.688. The van der Waals surface area contributed by atoms with Crippen LogP contribution in [0.2, 0.25) is 0 Å². The van der Waals surface area contributed by atoms with Gasteiger partial charge in [-0.15, -0.1) is 0 Å². The molecule has 2 rings (SSSR count). The fourth-order valence-electron chi connectivity index (χ4n) is 1.41. The standard InChI is InChI=1S/C11H12N2O/c1-8(2)11(14)13-7-12-9-5-3-4-6-10(9)13/h3-8H,1-2H3. The second-order valence-corrected chi connectivity index (χ2v) is 3.60. The summed E-state index contributed by atoms with van der Waals surface area (Å²) in [6.45, 7) is 3.77. The van der Waals surface area contributed by atoms with E-state index in [4.69, 9.17) is 0 Å². The molecule has 0 unspecified atom stereocenters. The van der Waals surface area contributed by atoms with E-state index in [9.17, 15) is 4.79 Å². The highest BCUT2D eigenvalue weighted by atomic mass is 16.2. The minimum atomic E-state index is -0.00685. The number of hydrogen-bond donors (Lipinski definition) is 0. The Morgan fingerprint density at radius 3 is 2.79 bits per heavy atom. The van der Waals surface area contributed by atoms with Crippen molar-refractivity contribution in [1.29, 1.82) is 0 Å². The Hall–Kier alpha value is -1.64. The molecule has 0 aliphatic heterocycles. The molecule has 1 aromatic heterocycles. The Kier molecular flexibility index (Phi) is 2.08. The minimum absolute atomic E-state index is 0.00685. The third kappa shape index (κ3) is 1.31. The highest BCUT2D eigenvalue weighted by molar-refractivity contribution is 5.90. The largest absolute Gasteiger partial charge is 0.274 e. The van der Waals surface area contributed by atoms with Crippen LogP contribution in [0.4, 0.5) is 0 Å². The first-order valence-corrected chi connectivity index (χ1v) is 4.66. The van der Waals surface area contributed by atoms with Gasteiger partial charge in [-0.1, -0.05) is 26.0 Å². The predicted molar refractivity (Wildman–Crippen MR) is 55.2 cm³/mol. The molecule has 1 aromatic carbocycles. The summed E-state index contributed by atoms with van der Waals surface area (Å²) >= 11 is 0. The molecule has 1 heterocycles. The lowest BCUT2D eigenvalue weighted by Gasteiger charge is -2.04. The Morgan fingerprint density at radius 1 is 1.36 bits per heavy atom. The van der Waals surface area contributed by atoms with Gasteiger partial charge in [-0.25, -0.2) is 4.98 Å². The van der Waals surface area contributed by atoms with E-state index >= 15 is 0 Å². The summed E-state index contributed by atoms with van der Waals surface area (Å²) in [5, 5.41) is 0. The van der Waals surface area contributed by atoms with E-state index < -0.39 is 0 Å². The van der Waals surface area contributed by atoms with Crippen molar-refractivity contribution in [2.45, 2.75) is 13.8 Å². The fraction of sp³-hybridized carbons (Fsp3) is 0.273. The summed E-state index contributed by atoms with van der Waals surface area (Å²) in [5.41, 5.74) is 1.74. The SMILES string of the molecule is CC(C)C(=O)n1cnc2ccccc21. The van der Waals surface area contributed by atoms with E-state index in [-0.39, 0.29) is 11.8 Å². The number of imidazole rings is 1. The third-order valence-corrected chi connectivity index (χ3v) is 2.18. The Morgan fingerprint density at radius 2 is 2.07 bits per heavy atom. The van der Waals surface area contributed by atoms with E-state index in [0.717, 1.165) is 11.0 Å². The maximum Gasteiger partial charge on any atom is 0.234 e. The zero-order valence-electron chi connectivity index (χ0n) is 8.27. The average Bonchev–Trinajstić information content (AvgIpc) is 2.60. The highest BCUT2D eigenvalue weighted by Gasteiger charge is 2.12. The number of nitrogens with zero attached hydrogens (tertiary/aromatic N) is 2. The second kappa shape index (κ2) is 3.25. The summed E-state index contributed by atoms with van der Waals surface area (Å²) < 4.78 is 1.61.